The van der Waals surface area contributed by atoms with Crippen LogP contribution in [-0.4, -0.2) is 22.0 Å². The van der Waals surface area contributed by atoms with E-state index in [-0.39, 0.29) is 17.1 Å². The van der Waals surface area contributed by atoms with Crippen LogP contribution in [0.15, 0.2) is 60.7 Å². The minimum atomic E-state index is -0.253. The number of hydrogen-bond acceptors (Lipinski definition) is 3. The van der Waals surface area contributed by atoms with Crippen LogP contribution in [-0.2, 0) is 21.9 Å². The largest absolute Gasteiger partial charge is 0.277 e. The molecule has 0 aromatic heterocycles. The Morgan fingerprint density at radius 2 is 1.50 bits per heavy atom. The third kappa shape index (κ3) is 3.39. The Morgan fingerprint density at radius 3 is 2.14 bits per heavy atom. The normalized spacial score (nSPS) is 18.0. The number of nitrogens with zero attached hydrogens (tertiary/aromatic N) is 1. The Hall–Kier alpha value is -2.07. The molecule has 3 nitrogen and oxygen atoms in total. The molecule has 0 N–H and O–H groups in total. The molecule has 2 aromatic rings. The smallest absolute Gasteiger partial charge is 0.243 e. The lowest BCUT2D eigenvalue weighted by molar-refractivity contribution is -0.138. The van der Waals surface area contributed by atoms with Crippen molar-refractivity contribution in [1.29, 1.82) is 0 Å². The van der Waals surface area contributed by atoms with E-state index in [1.54, 1.807) is 11.8 Å². The van der Waals surface area contributed by atoms with Crippen LogP contribution in [0.25, 0.3) is 0 Å². The Morgan fingerprint density at radius 1 is 0.909 bits per heavy atom. The summed E-state index contributed by atoms with van der Waals surface area (Å²) in [6, 6.07) is 19.7. The maximum Gasteiger partial charge on any atom is 0.243 e. The number of likely N-dealkylation sites (tertiary alicyclic amines) is 1. The number of hydrogen-bond donors (Lipinski definition) is 0. The van der Waals surface area contributed by atoms with Crippen LogP contribution >= 0.6 is 11.8 Å². The first-order valence-electron chi connectivity index (χ1n) is 7.28. The van der Waals surface area contributed by atoms with E-state index in [1.807, 2.05) is 60.7 Å². The summed E-state index contributed by atoms with van der Waals surface area (Å²) >= 11 is 1.55. The molecule has 1 atom stereocenters. The van der Waals surface area contributed by atoms with E-state index in [1.165, 1.54) is 10.5 Å². The first kappa shape index (κ1) is 14.9. The van der Waals surface area contributed by atoms with Gasteiger partial charge in [0.05, 0.1) is 11.8 Å². The first-order chi connectivity index (χ1) is 10.7. The van der Waals surface area contributed by atoms with E-state index in [9.17, 15) is 9.59 Å². The quantitative estimate of drug-likeness (QED) is 0.796. The van der Waals surface area contributed by atoms with Crippen LogP contribution < -0.4 is 0 Å². The fourth-order valence-electron chi connectivity index (χ4n) is 2.49. The van der Waals surface area contributed by atoms with E-state index >= 15 is 0 Å². The lowest BCUT2D eigenvalue weighted by atomic mass is 10.2. The maximum absolute atomic E-state index is 12.4. The third-order valence-corrected chi connectivity index (χ3v) is 4.95. The predicted molar refractivity (Wildman–Crippen MR) is 88.1 cm³/mol. The molecule has 0 spiro atoms. The fourth-order valence-corrected chi connectivity index (χ4v) is 3.60. The molecule has 0 bridgehead atoms. The molecule has 0 saturated carbocycles. The van der Waals surface area contributed by atoms with Gasteiger partial charge in [-0.25, -0.2) is 0 Å². The lowest BCUT2D eigenvalue weighted by Crippen LogP contribution is -2.30. The van der Waals surface area contributed by atoms with Crippen molar-refractivity contribution in [2.75, 3.05) is 0 Å². The van der Waals surface area contributed by atoms with E-state index in [0.29, 0.717) is 13.0 Å². The average molecular weight is 311 g/mol. The molecule has 2 amide bonds. The van der Waals surface area contributed by atoms with E-state index in [2.05, 4.69) is 0 Å². The molecular formula is C18H17NO2S. The van der Waals surface area contributed by atoms with Gasteiger partial charge in [-0.3, -0.25) is 14.5 Å². The van der Waals surface area contributed by atoms with Gasteiger partial charge in [0.15, 0.2) is 0 Å². The highest BCUT2D eigenvalue weighted by molar-refractivity contribution is 7.99. The molecule has 3 rings (SSSR count). The van der Waals surface area contributed by atoms with Crippen molar-refractivity contribution < 1.29 is 9.59 Å². The molecule has 1 heterocycles. The SMILES string of the molecule is O=C1CC(SCc2ccccc2)C(=O)N1Cc1ccccc1. The number of benzene rings is 2. The summed E-state index contributed by atoms with van der Waals surface area (Å²) in [6.07, 6.45) is 0.309. The molecule has 1 aliphatic rings. The monoisotopic (exact) mass is 311 g/mol. The number of amides is 2. The summed E-state index contributed by atoms with van der Waals surface area (Å²) in [7, 11) is 0. The zero-order valence-corrected chi connectivity index (χ0v) is 13.0. The summed E-state index contributed by atoms with van der Waals surface area (Å²) in [5.74, 6) is 0.623. The Kier molecular flexibility index (Phi) is 4.59. The second-order valence-electron chi connectivity index (χ2n) is 5.29. The Balaban J connectivity index is 1.61. The number of rotatable bonds is 5. The van der Waals surface area contributed by atoms with E-state index < -0.39 is 0 Å². The third-order valence-electron chi connectivity index (χ3n) is 3.68. The van der Waals surface area contributed by atoms with Gasteiger partial charge in [-0.2, -0.15) is 0 Å². The van der Waals surface area contributed by atoms with Gasteiger partial charge < -0.3 is 0 Å². The van der Waals surface area contributed by atoms with Gasteiger partial charge in [0.1, 0.15) is 0 Å². The summed E-state index contributed by atoms with van der Waals surface area (Å²) in [6.45, 7) is 0.376. The fraction of sp³-hybridized carbons (Fsp3) is 0.222. The molecular weight excluding hydrogens is 294 g/mol. The highest BCUT2D eigenvalue weighted by Gasteiger charge is 2.38. The van der Waals surface area contributed by atoms with Gasteiger partial charge in [-0.05, 0) is 11.1 Å². The second kappa shape index (κ2) is 6.79. The van der Waals surface area contributed by atoms with Crippen molar-refractivity contribution in [3.8, 4) is 0 Å². The van der Waals surface area contributed by atoms with Crippen molar-refractivity contribution in [3.05, 3.63) is 71.8 Å². The van der Waals surface area contributed by atoms with Gasteiger partial charge in [-0.15, -0.1) is 11.8 Å². The summed E-state index contributed by atoms with van der Waals surface area (Å²) in [4.78, 5) is 25.9. The van der Waals surface area contributed by atoms with Crippen molar-refractivity contribution in [2.24, 2.45) is 0 Å². The Labute approximate surface area is 134 Å². The predicted octanol–water partition coefficient (Wildman–Crippen LogP) is 3.25. The van der Waals surface area contributed by atoms with E-state index in [4.69, 9.17) is 0 Å². The van der Waals surface area contributed by atoms with Crippen molar-refractivity contribution in [2.45, 2.75) is 24.0 Å². The molecule has 22 heavy (non-hydrogen) atoms. The molecule has 1 unspecified atom stereocenters. The molecule has 1 aliphatic heterocycles. The summed E-state index contributed by atoms with van der Waals surface area (Å²) < 4.78 is 0. The summed E-state index contributed by atoms with van der Waals surface area (Å²) in [5, 5.41) is -0.253. The lowest BCUT2D eigenvalue weighted by Gasteiger charge is -2.15. The zero-order valence-electron chi connectivity index (χ0n) is 12.1. The molecule has 0 aliphatic carbocycles. The molecule has 4 heteroatoms. The molecule has 0 radical (unpaired) electrons. The number of thioether (sulfide) groups is 1. The maximum atomic E-state index is 12.4. The van der Waals surface area contributed by atoms with Crippen LogP contribution in [0.1, 0.15) is 17.5 Å². The minimum absolute atomic E-state index is 0.0604. The minimum Gasteiger partial charge on any atom is -0.277 e. The molecule has 2 aromatic carbocycles. The van der Waals surface area contributed by atoms with Crippen LogP contribution in [0.5, 0.6) is 0 Å². The summed E-state index contributed by atoms with van der Waals surface area (Å²) in [5.41, 5.74) is 2.16. The first-order valence-corrected chi connectivity index (χ1v) is 8.32. The highest BCUT2D eigenvalue weighted by Crippen LogP contribution is 2.28. The highest BCUT2D eigenvalue weighted by atomic mass is 32.2. The number of carbonyl (C=O) groups is 2. The van der Waals surface area contributed by atoms with Crippen LogP contribution in [0, 0.1) is 0 Å². The van der Waals surface area contributed by atoms with Crippen LogP contribution in [0.2, 0.25) is 0 Å². The molecule has 1 fully saturated rings. The van der Waals surface area contributed by atoms with Crippen molar-refractivity contribution in [1.82, 2.24) is 4.90 Å². The van der Waals surface area contributed by atoms with Crippen molar-refractivity contribution >= 4 is 23.6 Å². The average Bonchev–Trinajstić information content (AvgIpc) is 2.82. The molecule has 112 valence electrons. The van der Waals surface area contributed by atoms with Crippen LogP contribution in [0.4, 0.5) is 0 Å². The molecule has 1 saturated heterocycles. The van der Waals surface area contributed by atoms with E-state index in [0.717, 1.165) is 11.3 Å². The van der Waals surface area contributed by atoms with Gasteiger partial charge in [0.25, 0.3) is 0 Å². The van der Waals surface area contributed by atoms with Gasteiger partial charge in [0.2, 0.25) is 11.8 Å². The standard InChI is InChI=1S/C18H17NO2S/c20-17-11-16(22-13-15-9-5-2-6-10-15)18(21)19(17)12-14-7-3-1-4-8-14/h1-10,16H,11-13H2. The van der Waals surface area contributed by atoms with Gasteiger partial charge in [0, 0.05) is 12.2 Å². The second-order valence-corrected chi connectivity index (χ2v) is 6.48. The number of carbonyl (C=O) groups excluding carboxylic acids is 2. The van der Waals surface area contributed by atoms with Gasteiger partial charge >= 0.3 is 0 Å². The van der Waals surface area contributed by atoms with Crippen molar-refractivity contribution in [3.63, 3.8) is 0 Å². The topological polar surface area (TPSA) is 37.4 Å². The zero-order chi connectivity index (χ0) is 15.4. The number of imide groups is 1. The Bertz CT molecular complexity index is 657. The van der Waals surface area contributed by atoms with Crippen LogP contribution in [0.3, 0.4) is 0 Å². The van der Waals surface area contributed by atoms with Gasteiger partial charge in [-0.1, -0.05) is 60.7 Å².